The Bertz CT molecular complexity index is 561. The van der Waals surface area contributed by atoms with Gasteiger partial charge < -0.3 is 9.47 Å². The van der Waals surface area contributed by atoms with Crippen molar-refractivity contribution in [1.29, 1.82) is 0 Å². The van der Waals surface area contributed by atoms with Gasteiger partial charge in [-0.05, 0) is 12.1 Å². The van der Waals surface area contributed by atoms with Gasteiger partial charge >= 0.3 is 5.97 Å². The maximum Gasteiger partial charge on any atom is 0.344 e. The summed E-state index contributed by atoms with van der Waals surface area (Å²) >= 11 is 5.81. The summed E-state index contributed by atoms with van der Waals surface area (Å²) in [6, 6.07) is 8.96. The Morgan fingerprint density at radius 2 is 2.00 bits per heavy atom. The van der Waals surface area contributed by atoms with E-state index in [4.69, 9.17) is 16.3 Å². The third-order valence-electron chi connectivity index (χ3n) is 2.13. The third kappa shape index (κ3) is 2.57. The van der Waals surface area contributed by atoms with Gasteiger partial charge in [0.15, 0.2) is 10.9 Å². The number of carbonyl (C=O) groups is 1. The second-order valence-electron chi connectivity index (χ2n) is 3.28. The first kappa shape index (κ1) is 12.3. The molecule has 2 rings (SSSR count). The molecule has 1 aromatic carbocycles. The van der Waals surface area contributed by atoms with Gasteiger partial charge in [-0.3, -0.25) is 0 Å². The molecule has 0 unspecified atom stereocenters. The van der Waals surface area contributed by atoms with Gasteiger partial charge in [0.05, 0.1) is 13.3 Å². The Morgan fingerprint density at radius 3 is 2.67 bits per heavy atom. The van der Waals surface area contributed by atoms with Crippen LogP contribution in [0, 0.1) is 0 Å². The minimum Gasteiger partial charge on any atom is -0.465 e. The lowest BCUT2D eigenvalue weighted by molar-refractivity contribution is 0.0597. The van der Waals surface area contributed by atoms with E-state index in [9.17, 15) is 4.79 Å². The number of aromatic nitrogens is 2. The number of methoxy groups -OCH3 is 1. The van der Waals surface area contributed by atoms with Crippen molar-refractivity contribution >= 4 is 17.6 Å². The largest absolute Gasteiger partial charge is 0.465 e. The summed E-state index contributed by atoms with van der Waals surface area (Å²) in [5, 5.41) is 7.17. The molecule has 1 aromatic heterocycles. The average Bonchev–Trinajstić information content (AvgIpc) is 2.39. The number of halogens is 1. The van der Waals surface area contributed by atoms with E-state index in [1.54, 1.807) is 12.1 Å². The minimum atomic E-state index is -0.624. The maximum atomic E-state index is 11.6. The Hall–Kier alpha value is -2.14. The number of rotatable bonds is 3. The first-order valence-corrected chi connectivity index (χ1v) is 5.42. The van der Waals surface area contributed by atoms with Gasteiger partial charge in [0.2, 0.25) is 0 Å². The monoisotopic (exact) mass is 264 g/mol. The minimum absolute atomic E-state index is 0.0537. The fraction of sp³-hybridized carbons (Fsp3) is 0.0833. The number of benzene rings is 1. The Morgan fingerprint density at radius 1 is 1.28 bits per heavy atom. The molecule has 0 bridgehead atoms. The summed E-state index contributed by atoms with van der Waals surface area (Å²) in [5.41, 5.74) is 0.0537. The highest BCUT2D eigenvalue weighted by Gasteiger charge is 2.19. The van der Waals surface area contributed by atoms with E-state index in [0.29, 0.717) is 5.75 Å². The lowest BCUT2D eigenvalue weighted by Gasteiger charge is -2.09. The number of ether oxygens (including phenoxy) is 2. The SMILES string of the molecule is COC(=O)c1c(Oc2ccccc2)cnnc1Cl. The molecule has 5 nitrogen and oxygen atoms in total. The molecular formula is C12H9ClN2O3. The fourth-order valence-corrected chi connectivity index (χ4v) is 1.54. The van der Waals surface area contributed by atoms with Crippen molar-refractivity contribution < 1.29 is 14.3 Å². The normalized spacial score (nSPS) is 9.89. The van der Waals surface area contributed by atoms with E-state index in [2.05, 4.69) is 14.9 Å². The summed E-state index contributed by atoms with van der Waals surface area (Å²) in [7, 11) is 1.26. The maximum absolute atomic E-state index is 11.6. The highest BCUT2D eigenvalue weighted by Crippen LogP contribution is 2.28. The van der Waals surface area contributed by atoms with E-state index in [1.807, 2.05) is 18.2 Å². The summed E-state index contributed by atoms with van der Waals surface area (Å²) in [6.07, 6.45) is 1.31. The smallest absolute Gasteiger partial charge is 0.344 e. The Balaban J connectivity index is 2.39. The summed E-state index contributed by atoms with van der Waals surface area (Å²) in [4.78, 5) is 11.6. The first-order valence-electron chi connectivity index (χ1n) is 5.04. The van der Waals surface area contributed by atoms with Crippen molar-refractivity contribution in [3.05, 3.63) is 47.2 Å². The zero-order valence-electron chi connectivity index (χ0n) is 9.46. The summed E-state index contributed by atoms with van der Waals surface area (Å²) in [6.45, 7) is 0. The Labute approximate surface area is 108 Å². The van der Waals surface area contributed by atoms with Crippen LogP contribution in [-0.4, -0.2) is 23.3 Å². The molecule has 0 aliphatic carbocycles. The molecule has 0 atom stereocenters. The molecule has 0 saturated heterocycles. The van der Waals surface area contributed by atoms with E-state index in [0.717, 1.165) is 0 Å². The molecule has 0 spiro atoms. The molecule has 0 aliphatic rings. The second kappa shape index (κ2) is 5.46. The number of para-hydroxylation sites is 1. The van der Waals surface area contributed by atoms with Crippen LogP contribution in [-0.2, 0) is 4.74 Å². The number of esters is 1. The van der Waals surface area contributed by atoms with E-state index in [1.165, 1.54) is 13.3 Å². The lowest BCUT2D eigenvalue weighted by atomic mass is 10.3. The van der Waals surface area contributed by atoms with Crippen molar-refractivity contribution in [3.63, 3.8) is 0 Å². The lowest BCUT2D eigenvalue weighted by Crippen LogP contribution is -2.06. The van der Waals surface area contributed by atoms with Gasteiger partial charge in [0.25, 0.3) is 0 Å². The molecule has 2 aromatic rings. The standard InChI is InChI=1S/C12H9ClN2O3/c1-17-12(16)10-9(7-14-15-11(10)13)18-8-5-3-2-4-6-8/h2-7H,1H3. The molecule has 0 fully saturated rings. The summed E-state index contributed by atoms with van der Waals surface area (Å²) < 4.78 is 10.1. The summed E-state index contributed by atoms with van der Waals surface area (Å²) in [5.74, 6) is 0.139. The molecule has 0 aliphatic heterocycles. The van der Waals surface area contributed by atoms with Crippen LogP contribution in [0.1, 0.15) is 10.4 Å². The number of carbonyl (C=O) groups excluding carboxylic acids is 1. The quantitative estimate of drug-likeness (QED) is 0.798. The van der Waals surface area contributed by atoms with E-state index in [-0.39, 0.29) is 16.5 Å². The van der Waals surface area contributed by atoms with Gasteiger partial charge in [-0.25, -0.2) is 4.79 Å². The molecule has 0 saturated carbocycles. The first-order chi connectivity index (χ1) is 8.72. The average molecular weight is 265 g/mol. The van der Waals surface area contributed by atoms with Crippen LogP contribution >= 0.6 is 11.6 Å². The van der Waals surface area contributed by atoms with Gasteiger partial charge in [-0.15, -0.1) is 5.10 Å². The highest BCUT2D eigenvalue weighted by atomic mass is 35.5. The molecule has 18 heavy (non-hydrogen) atoms. The van der Waals surface area contributed by atoms with Crippen LogP contribution in [0.2, 0.25) is 5.15 Å². The molecule has 1 heterocycles. The highest BCUT2D eigenvalue weighted by molar-refractivity contribution is 6.32. The molecule has 0 amide bonds. The van der Waals surface area contributed by atoms with Crippen LogP contribution < -0.4 is 4.74 Å². The Kier molecular flexibility index (Phi) is 3.74. The van der Waals surface area contributed by atoms with Crippen molar-refractivity contribution in [2.24, 2.45) is 0 Å². The van der Waals surface area contributed by atoms with Gasteiger partial charge in [-0.1, -0.05) is 29.8 Å². The van der Waals surface area contributed by atoms with Crippen LogP contribution in [0.4, 0.5) is 0 Å². The molecule has 0 radical (unpaired) electrons. The number of hydrogen-bond acceptors (Lipinski definition) is 5. The van der Waals surface area contributed by atoms with Crippen LogP contribution in [0.25, 0.3) is 0 Å². The molecular weight excluding hydrogens is 256 g/mol. The topological polar surface area (TPSA) is 61.3 Å². The predicted octanol–water partition coefficient (Wildman–Crippen LogP) is 2.71. The van der Waals surface area contributed by atoms with E-state index < -0.39 is 5.97 Å². The van der Waals surface area contributed by atoms with Crippen LogP contribution in [0.5, 0.6) is 11.5 Å². The van der Waals surface area contributed by atoms with Crippen LogP contribution in [0.3, 0.4) is 0 Å². The number of hydrogen-bond donors (Lipinski definition) is 0. The van der Waals surface area contributed by atoms with Crippen LogP contribution in [0.15, 0.2) is 36.5 Å². The number of nitrogens with zero attached hydrogens (tertiary/aromatic N) is 2. The van der Waals surface area contributed by atoms with E-state index >= 15 is 0 Å². The zero-order valence-corrected chi connectivity index (χ0v) is 10.2. The zero-order chi connectivity index (χ0) is 13.0. The molecule has 6 heteroatoms. The van der Waals surface area contributed by atoms with Gasteiger partial charge in [0.1, 0.15) is 11.3 Å². The van der Waals surface area contributed by atoms with Crippen molar-refractivity contribution in [3.8, 4) is 11.5 Å². The second-order valence-corrected chi connectivity index (χ2v) is 3.64. The van der Waals surface area contributed by atoms with Crippen molar-refractivity contribution in [2.45, 2.75) is 0 Å². The van der Waals surface area contributed by atoms with Gasteiger partial charge in [0, 0.05) is 0 Å². The van der Waals surface area contributed by atoms with Crippen molar-refractivity contribution in [1.82, 2.24) is 10.2 Å². The van der Waals surface area contributed by atoms with Gasteiger partial charge in [-0.2, -0.15) is 5.10 Å². The third-order valence-corrected chi connectivity index (χ3v) is 2.40. The molecule has 0 N–H and O–H groups in total. The fourth-order valence-electron chi connectivity index (χ4n) is 1.33. The van der Waals surface area contributed by atoms with Crippen molar-refractivity contribution in [2.75, 3.05) is 7.11 Å². The predicted molar refractivity (Wildman–Crippen MR) is 64.9 cm³/mol. The molecule has 92 valence electrons.